The monoisotopic (exact) mass is 412 g/mol. The molecule has 0 aromatic carbocycles. The van der Waals surface area contributed by atoms with Crippen LogP contribution in [-0.2, 0) is 29.1 Å². The second kappa shape index (κ2) is 7.76. The summed E-state index contributed by atoms with van der Waals surface area (Å²) < 4.78 is 55.5. The van der Waals surface area contributed by atoms with E-state index in [0.29, 0.717) is 11.4 Å². The van der Waals surface area contributed by atoms with Crippen LogP contribution >= 0.6 is 24.4 Å². The Labute approximate surface area is 151 Å². The first-order valence-corrected chi connectivity index (χ1v) is 11.3. The van der Waals surface area contributed by atoms with Crippen molar-refractivity contribution in [2.24, 2.45) is 0 Å². The molecule has 0 saturated heterocycles. The van der Waals surface area contributed by atoms with E-state index >= 15 is 0 Å². The summed E-state index contributed by atoms with van der Waals surface area (Å²) in [5.74, 6) is -0.183. The van der Waals surface area contributed by atoms with Crippen molar-refractivity contribution in [3.63, 3.8) is 0 Å². The maximum atomic E-state index is 11.3. The standard InChI is InChI=1S/C12H16N2O6S4/c15-23(16)5-1-9(7-23)13-11(21)19-3-4-20-12(22)14-10-2-6-24(17,18)8-10/h1-2H,3-8H2,(H,13,21)(H,14,22). The summed E-state index contributed by atoms with van der Waals surface area (Å²) in [6, 6.07) is 0. The highest BCUT2D eigenvalue weighted by molar-refractivity contribution is 7.92. The van der Waals surface area contributed by atoms with Gasteiger partial charge >= 0.3 is 0 Å². The Balaban J connectivity index is 1.59. The maximum absolute atomic E-state index is 11.3. The molecule has 0 radical (unpaired) electrons. The lowest BCUT2D eigenvalue weighted by Crippen LogP contribution is -2.28. The molecule has 2 heterocycles. The van der Waals surface area contributed by atoms with Crippen molar-refractivity contribution in [1.82, 2.24) is 10.6 Å². The lowest BCUT2D eigenvalue weighted by molar-refractivity contribution is 0.199. The minimum Gasteiger partial charge on any atom is -0.467 e. The van der Waals surface area contributed by atoms with Crippen LogP contribution in [0.3, 0.4) is 0 Å². The van der Waals surface area contributed by atoms with Crippen LogP contribution in [0.25, 0.3) is 0 Å². The third-order valence-electron chi connectivity index (χ3n) is 2.99. The molecule has 24 heavy (non-hydrogen) atoms. The predicted molar refractivity (Wildman–Crippen MR) is 96.8 cm³/mol. The van der Waals surface area contributed by atoms with Crippen LogP contribution in [0.2, 0.25) is 0 Å². The molecule has 2 aliphatic heterocycles. The summed E-state index contributed by atoms with van der Waals surface area (Å²) in [4.78, 5) is 0. The number of rotatable bonds is 5. The van der Waals surface area contributed by atoms with Crippen LogP contribution in [0.1, 0.15) is 0 Å². The van der Waals surface area contributed by atoms with Crippen LogP contribution in [-0.4, -0.2) is 63.4 Å². The van der Waals surface area contributed by atoms with Gasteiger partial charge in [-0.05, 0) is 36.6 Å². The zero-order valence-corrected chi connectivity index (χ0v) is 15.7. The molecule has 0 aliphatic carbocycles. The topological polar surface area (TPSA) is 111 Å². The van der Waals surface area contributed by atoms with Crippen LogP contribution in [0.5, 0.6) is 0 Å². The molecule has 2 rings (SSSR count). The zero-order chi connectivity index (χ0) is 17.8. The lowest BCUT2D eigenvalue weighted by atomic mass is 10.5. The Morgan fingerprint density at radius 2 is 1.25 bits per heavy atom. The Morgan fingerprint density at radius 1 is 0.875 bits per heavy atom. The summed E-state index contributed by atoms with van der Waals surface area (Å²) in [7, 11) is -6.13. The summed E-state index contributed by atoms with van der Waals surface area (Å²) in [5, 5.41) is 5.50. The largest absolute Gasteiger partial charge is 0.467 e. The molecule has 0 fully saturated rings. The highest BCUT2D eigenvalue weighted by atomic mass is 32.2. The summed E-state index contributed by atoms with van der Waals surface area (Å²) >= 11 is 9.87. The molecule has 2 aliphatic rings. The van der Waals surface area contributed by atoms with Gasteiger partial charge < -0.3 is 20.1 Å². The second-order valence-electron chi connectivity index (χ2n) is 5.09. The van der Waals surface area contributed by atoms with Crippen molar-refractivity contribution < 1.29 is 26.3 Å². The molecule has 2 N–H and O–H groups in total. The van der Waals surface area contributed by atoms with Crippen molar-refractivity contribution in [1.29, 1.82) is 0 Å². The Hall–Kier alpha value is -1.24. The Bertz CT molecular complexity index is 729. The molecular weight excluding hydrogens is 396 g/mol. The summed E-state index contributed by atoms with van der Waals surface area (Å²) in [6.07, 6.45) is 3.09. The average Bonchev–Trinajstić information content (AvgIpc) is 2.96. The molecule has 12 heteroatoms. The van der Waals surface area contributed by atoms with E-state index in [4.69, 9.17) is 33.9 Å². The SMILES string of the molecule is O=S1(=O)CC=C(NC(=S)OCCOC(=S)NC2=CCS(=O)(=O)C2)C1. The molecule has 0 atom stereocenters. The minimum atomic E-state index is -3.07. The average molecular weight is 413 g/mol. The summed E-state index contributed by atoms with van der Waals surface area (Å²) in [5.41, 5.74) is 0.986. The second-order valence-corrected chi connectivity index (χ2v) is 10.0. The number of hydrogen-bond acceptors (Lipinski definition) is 8. The van der Waals surface area contributed by atoms with Crippen molar-refractivity contribution in [2.75, 3.05) is 36.2 Å². The van der Waals surface area contributed by atoms with Crippen LogP contribution in [0.4, 0.5) is 0 Å². The Morgan fingerprint density at radius 3 is 1.54 bits per heavy atom. The van der Waals surface area contributed by atoms with E-state index in [-0.39, 0.29) is 46.6 Å². The van der Waals surface area contributed by atoms with E-state index < -0.39 is 19.7 Å². The number of hydrogen-bond donors (Lipinski definition) is 2. The van der Waals surface area contributed by atoms with Gasteiger partial charge in [-0.25, -0.2) is 16.8 Å². The number of ether oxygens (including phenoxy) is 2. The minimum absolute atomic E-state index is 0.00737. The van der Waals surface area contributed by atoms with Gasteiger partial charge in [0, 0.05) is 11.4 Å². The summed E-state index contributed by atoms with van der Waals surface area (Å²) in [6.45, 7) is 0.204. The fourth-order valence-electron chi connectivity index (χ4n) is 1.94. The van der Waals surface area contributed by atoms with Gasteiger partial charge in [-0.15, -0.1) is 0 Å². The van der Waals surface area contributed by atoms with Crippen molar-refractivity contribution in [3.05, 3.63) is 23.5 Å². The molecule has 8 nitrogen and oxygen atoms in total. The fraction of sp³-hybridized carbons (Fsp3) is 0.500. The highest BCUT2D eigenvalue weighted by Gasteiger charge is 2.21. The fourth-order valence-corrected chi connectivity index (χ4v) is 4.84. The smallest absolute Gasteiger partial charge is 0.261 e. The van der Waals surface area contributed by atoms with E-state index in [1.165, 1.54) is 0 Å². The van der Waals surface area contributed by atoms with Gasteiger partial charge in [-0.2, -0.15) is 0 Å². The van der Waals surface area contributed by atoms with E-state index in [9.17, 15) is 16.8 Å². The zero-order valence-electron chi connectivity index (χ0n) is 12.5. The molecule has 0 aromatic heterocycles. The van der Waals surface area contributed by atoms with Gasteiger partial charge in [-0.3, -0.25) is 0 Å². The molecule has 134 valence electrons. The van der Waals surface area contributed by atoms with Gasteiger partial charge in [0.2, 0.25) is 0 Å². The van der Waals surface area contributed by atoms with E-state index in [1.54, 1.807) is 12.2 Å². The molecule has 0 saturated carbocycles. The predicted octanol–water partition coefficient (Wildman–Crippen LogP) is -0.607. The van der Waals surface area contributed by atoms with Crippen molar-refractivity contribution in [3.8, 4) is 0 Å². The van der Waals surface area contributed by atoms with E-state index in [1.807, 2.05) is 0 Å². The lowest BCUT2D eigenvalue weighted by Gasteiger charge is -2.12. The van der Waals surface area contributed by atoms with Gasteiger partial charge in [-0.1, -0.05) is 0 Å². The molecule has 0 amide bonds. The number of nitrogens with one attached hydrogen (secondary N) is 2. The van der Waals surface area contributed by atoms with Gasteiger partial charge in [0.15, 0.2) is 19.7 Å². The van der Waals surface area contributed by atoms with Crippen molar-refractivity contribution >= 4 is 54.5 Å². The molecule has 0 unspecified atom stereocenters. The van der Waals surface area contributed by atoms with Gasteiger partial charge in [0.1, 0.15) is 13.2 Å². The quantitative estimate of drug-likeness (QED) is 0.448. The Kier molecular flexibility index (Phi) is 6.17. The molecule has 0 bridgehead atoms. The first-order valence-electron chi connectivity index (χ1n) is 6.82. The van der Waals surface area contributed by atoms with Gasteiger partial charge in [0.05, 0.1) is 23.0 Å². The normalized spacial score (nSPS) is 20.7. The van der Waals surface area contributed by atoms with Crippen LogP contribution in [0.15, 0.2) is 23.5 Å². The first-order chi connectivity index (χ1) is 11.2. The van der Waals surface area contributed by atoms with Crippen LogP contribution in [0, 0.1) is 0 Å². The number of sulfone groups is 2. The molecule has 0 spiro atoms. The third kappa shape index (κ3) is 6.34. The van der Waals surface area contributed by atoms with E-state index in [0.717, 1.165) is 0 Å². The molecule has 0 aromatic rings. The number of thiocarbonyl (C=S) groups is 2. The maximum Gasteiger partial charge on any atom is 0.261 e. The van der Waals surface area contributed by atoms with Gasteiger partial charge in [0.25, 0.3) is 10.3 Å². The van der Waals surface area contributed by atoms with E-state index in [2.05, 4.69) is 10.6 Å². The molecular formula is C12H16N2O6S4. The van der Waals surface area contributed by atoms with Crippen LogP contribution < -0.4 is 10.6 Å². The highest BCUT2D eigenvalue weighted by Crippen LogP contribution is 2.09. The first kappa shape index (κ1) is 19.1. The van der Waals surface area contributed by atoms with Crippen molar-refractivity contribution in [2.45, 2.75) is 0 Å². The third-order valence-corrected chi connectivity index (χ3v) is 6.28.